The molecule has 0 aliphatic carbocycles. The molecule has 0 heterocycles. The second kappa shape index (κ2) is 9.72. The van der Waals surface area contributed by atoms with Crippen LogP contribution in [0.2, 0.25) is 0 Å². The maximum Gasteiger partial charge on any atom is 0.229 e. The molecule has 0 rings (SSSR count). The topological polar surface area (TPSA) is 27.0 Å². The van der Waals surface area contributed by atoms with E-state index in [-0.39, 0.29) is 0 Å². The summed E-state index contributed by atoms with van der Waals surface area (Å²) in [5.41, 5.74) is 0. The summed E-state index contributed by atoms with van der Waals surface area (Å²) >= 11 is 0. The molecule has 0 saturated heterocycles. The molecule has 0 aromatic heterocycles. The van der Waals surface area contributed by atoms with E-state index in [2.05, 4.69) is 33.8 Å². The molecule has 0 bridgehead atoms. The average molecular weight is 110 g/mol. The third kappa shape index (κ3) is 49.0. The van der Waals surface area contributed by atoms with Gasteiger partial charge in [-0.2, -0.15) is 0 Å². The Balaban J connectivity index is 0. The van der Waals surface area contributed by atoms with Crippen molar-refractivity contribution in [3.05, 3.63) is 0 Å². The summed E-state index contributed by atoms with van der Waals surface area (Å²) in [6.45, 7) is 3.26. The molecule has 0 aliphatic heterocycles. The Kier molecular flexibility index (Phi) is 12.7. The standard InChI is InChI=1S/C4H11N.CBN/c1-4-5(2)3;2-1-3/h4H2,1-3H3;. The van der Waals surface area contributed by atoms with Gasteiger partial charge >= 0.3 is 0 Å². The second-order valence-corrected chi connectivity index (χ2v) is 1.52. The molecule has 0 N–H and O–H groups in total. The summed E-state index contributed by atoms with van der Waals surface area (Å²) in [4.78, 5) is 2.12. The minimum absolute atomic E-state index is 1.14. The molecule has 0 fully saturated rings. The van der Waals surface area contributed by atoms with Crippen molar-refractivity contribution in [1.29, 1.82) is 5.26 Å². The van der Waals surface area contributed by atoms with Crippen LogP contribution in [0.3, 0.4) is 0 Å². The molecular formula is C5H11BN2. The van der Waals surface area contributed by atoms with E-state index < -0.39 is 0 Å². The van der Waals surface area contributed by atoms with E-state index in [1.54, 1.807) is 0 Å². The van der Waals surface area contributed by atoms with Crippen LogP contribution in [-0.2, 0) is 0 Å². The van der Waals surface area contributed by atoms with Gasteiger partial charge in [0.15, 0.2) is 0 Å². The Hall–Kier alpha value is -0.485. The monoisotopic (exact) mass is 110 g/mol. The summed E-state index contributed by atoms with van der Waals surface area (Å²) < 4.78 is 0. The second-order valence-electron chi connectivity index (χ2n) is 1.52. The van der Waals surface area contributed by atoms with E-state index in [0.29, 0.717) is 0 Å². The number of nitriles is 1. The van der Waals surface area contributed by atoms with Crippen molar-refractivity contribution in [1.82, 2.24) is 4.90 Å². The summed E-state index contributed by atoms with van der Waals surface area (Å²) in [5, 5.41) is 7.10. The van der Waals surface area contributed by atoms with E-state index in [9.17, 15) is 0 Å². The SMILES string of the molecule is CCN(C)C.[B]C#N. The van der Waals surface area contributed by atoms with Crippen molar-refractivity contribution in [2.45, 2.75) is 6.92 Å². The van der Waals surface area contributed by atoms with E-state index in [1.165, 1.54) is 5.97 Å². The smallest absolute Gasteiger partial charge is 0.229 e. The zero-order valence-electron chi connectivity index (χ0n) is 5.68. The van der Waals surface area contributed by atoms with Gasteiger partial charge in [0.2, 0.25) is 7.85 Å². The first kappa shape index (κ1) is 10.5. The maximum absolute atomic E-state index is 7.10. The van der Waals surface area contributed by atoms with Crippen molar-refractivity contribution >= 4 is 7.85 Å². The van der Waals surface area contributed by atoms with E-state index in [1.807, 2.05) is 0 Å². The van der Waals surface area contributed by atoms with Crippen LogP contribution in [0.1, 0.15) is 6.92 Å². The zero-order valence-corrected chi connectivity index (χ0v) is 5.68. The van der Waals surface area contributed by atoms with Crippen molar-refractivity contribution in [2.24, 2.45) is 0 Å². The summed E-state index contributed by atoms with van der Waals surface area (Å²) in [6.07, 6.45) is 0. The molecule has 0 spiro atoms. The van der Waals surface area contributed by atoms with Crippen LogP contribution in [0.15, 0.2) is 0 Å². The summed E-state index contributed by atoms with van der Waals surface area (Å²) in [6, 6.07) is 0. The molecule has 0 saturated carbocycles. The van der Waals surface area contributed by atoms with E-state index in [0.717, 1.165) is 6.54 Å². The fraction of sp³-hybridized carbons (Fsp3) is 0.800. The number of rotatable bonds is 1. The molecule has 44 valence electrons. The summed E-state index contributed by atoms with van der Waals surface area (Å²) in [7, 11) is 8.26. The molecule has 3 heteroatoms. The maximum atomic E-state index is 7.10. The molecule has 8 heavy (non-hydrogen) atoms. The van der Waals surface area contributed by atoms with Crippen LogP contribution < -0.4 is 0 Å². The third-order valence-electron chi connectivity index (χ3n) is 0.632. The highest BCUT2D eigenvalue weighted by molar-refractivity contribution is 6.20. The molecule has 0 aromatic rings. The first-order chi connectivity index (χ1) is 3.68. The van der Waals surface area contributed by atoms with Crippen molar-refractivity contribution < 1.29 is 0 Å². The lowest BCUT2D eigenvalue weighted by Crippen LogP contribution is -2.08. The minimum Gasteiger partial charge on any atom is -0.310 e. The first-order valence-electron chi connectivity index (χ1n) is 2.43. The van der Waals surface area contributed by atoms with Gasteiger partial charge in [-0.3, -0.25) is 0 Å². The molecule has 2 nitrogen and oxygen atoms in total. The Labute approximate surface area is 52.5 Å². The fourth-order valence-corrected chi connectivity index (χ4v) is 0. The number of nitrogens with zero attached hydrogens (tertiary/aromatic N) is 2. The molecule has 0 aromatic carbocycles. The van der Waals surface area contributed by atoms with Gasteiger partial charge in [-0.1, -0.05) is 6.92 Å². The largest absolute Gasteiger partial charge is 0.310 e. The molecule has 0 amide bonds. The van der Waals surface area contributed by atoms with Crippen LogP contribution in [0.5, 0.6) is 0 Å². The highest BCUT2D eigenvalue weighted by Gasteiger charge is 1.72. The highest BCUT2D eigenvalue weighted by Crippen LogP contribution is 1.63. The van der Waals surface area contributed by atoms with Crippen LogP contribution in [0, 0.1) is 11.2 Å². The van der Waals surface area contributed by atoms with Gasteiger partial charge in [0.1, 0.15) is 0 Å². The minimum atomic E-state index is 1.14. The quantitative estimate of drug-likeness (QED) is 0.451. The highest BCUT2D eigenvalue weighted by atomic mass is 15.0. The van der Waals surface area contributed by atoms with Crippen molar-refractivity contribution in [3.63, 3.8) is 0 Å². The van der Waals surface area contributed by atoms with Gasteiger partial charge in [0, 0.05) is 0 Å². The van der Waals surface area contributed by atoms with Gasteiger partial charge in [-0.05, 0) is 26.6 Å². The lowest BCUT2D eigenvalue weighted by atomic mass is 10.2. The molecule has 0 unspecified atom stereocenters. The van der Waals surface area contributed by atoms with Gasteiger partial charge in [-0.25, -0.2) is 5.26 Å². The van der Waals surface area contributed by atoms with Gasteiger partial charge in [0.25, 0.3) is 0 Å². The molecule has 0 atom stereocenters. The van der Waals surface area contributed by atoms with Gasteiger partial charge in [-0.15, -0.1) is 0 Å². The van der Waals surface area contributed by atoms with Crippen LogP contribution in [0.25, 0.3) is 0 Å². The lowest BCUT2D eigenvalue weighted by molar-refractivity contribution is 0.434. The molecule has 2 radical (unpaired) electrons. The van der Waals surface area contributed by atoms with Gasteiger partial charge < -0.3 is 4.90 Å². The van der Waals surface area contributed by atoms with Crippen LogP contribution in [0.4, 0.5) is 0 Å². The van der Waals surface area contributed by atoms with Crippen molar-refractivity contribution in [2.75, 3.05) is 20.6 Å². The zero-order chi connectivity index (χ0) is 6.99. The van der Waals surface area contributed by atoms with Gasteiger partial charge in [0.05, 0.1) is 0 Å². The number of hydrogen-bond acceptors (Lipinski definition) is 2. The Morgan fingerprint density at radius 3 is 1.75 bits per heavy atom. The molecule has 0 aliphatic rings. The van der Waals surface area contributed by atoms with E-state index >= 15 is 0 Å². The number of hydrogen-bond donors (Lipinski definition) is 0. The summed E-state index contributed by atoms with van der Waals surface area (Å²) in [5.74, 6) is 1.25. The third-order valence-corrected chi connectivity index (χ3v) is 0.632. The van der Waals surface area contributed by atoms with Crippen molar-refractivity contribution in [3.8, 4) is 5.97 Å². The Morgan fingerprint density at radius 1 is 1.62 bits per heavy atom. The van der Waals surface area contributed by atoms with Crippen LogP contribution >= 0.6 is 0 Å². The van der Waals surface area contributed by atoms with E-state index in [4.69, 9.17) is 5.26 Å². The Bertz CT molecular complexity index is 65.3. The molecular weight excluding hydrogens is 98.9 g/mol. The predicted octanol–water partition coefficient (Wildman–Crippen LogP) is 0.204. The lowest BCUT2D eigenvalue weighted by Gasteiger charge is -2.00. The normalized spacial score (nSPS) is 6.88. The van der Waals surface area contributed by atoms with Crippen LogP contribution in [-0.4, -0.2) is 33.4 Å². The Morgan fingerprint density at radius 2 is 1.75 bits per heavy atom. The average Bonchev–Trinajstić information content (AvgIpc) is 1.69. The fourth-order valence-electron chi connectivity index (χ4n) is 0. The first-order valence-corrected chi connectivity index (χ1v) is 2.43. The predicted molar refractivity (Wildman–Crippen MR) is 35.6 cm³/mol.